The van der Waals surface area contributed by atoms with Crippen molar-refractivity contribution in [3.8, 4) is 0 Å². The first-order valence-electron chi connectivity index (χ1n) is 8.17. The normalized spacial score (nSPS) is 10.9. The van der Waals surface area contributed by atoms with E-state index in [4.69, 9.17) is 0 Å². The number of nitrogens with one attached hydrogen (secondary N) is 1. The van der Waals surface area contributed by atoms with Crippen molar-refractivity contribution in [2.75, 3.05) is 0 Å². The van der Waals surface area contributed by atoms with Gasteiger partial charge in [0, 0.05) is 12.4 Å². The second-order valence-electron chi connectivity index (χ2n) is 5.57. The number of unbranched alkanes of at least 4 members (excludes halogenated alkanes) is 7. The largest absolute Gasteiger partial charge is 1.00 e. The van der Waals surface area contributed by atoms with Crippen molar-refractivity contribution in [3.05, 3.63) is 0 Å². The number of aliphatic carboxylic acids is 2. The van der Waals surface area contributed by atoms with Crippen LogP contribution >= 0.6 is 0 Å². The molecule has 0 heterocycles. The maximum absolute atomic E-state index is 11.6. The minimum Gasteiger partial charge on any atom is -0.550 e. The van der Waals surface area contributed by atoms with E-state index >= 15 is 0 Å². The van der Waals surface area contributed by atoms with Gasteiger partial charge in [-0.2, -0.15) is 0 Å². The van der Waals surface area contributed by atoms with E-state index < -0.39 is 24.4 Å². The van der Waals surface area contributed by atoms with Gasteiger partial charge < -0.3 is 25.1 Å². The molecule has 0 radical (unpaired) electrons. The average molecular weight is 392 g/mol. The van der Waals surface area contributed by atoms with Gasteiger partial charge in [-0.1, -0.05) is 51.9 Å². The molecule has 0 spiro atoms. The fraction of sp³-hybridized carbons (Fsp3) is 0.812. The smallest absolute Gasteiger partial charge is 0.550 e. The SMILES string of the molecule is CCCCCCCCCCC(=O)NC(CCC(=O)[O-])C(=O)[O-].[K+].[K+]. The van der Waals surface area contributed by atoms with Gasteiger partial charge in [0.05, 0.1) is 12.0 Å². The second-order valence-corrected chi connectivity index (χ2v) is 5.57. The van der Waals surface area contributed by atoms with Gasteiger partial charge in [0.15, 0.2) is 0 Å². The quantitative estimate of drug-likeness (QED) is 0.234. The van der Waals surface area contributed by atoms with Gasteiger partial charge in [-0.3, -0.25) is 4.79 Å². The van der Waals surface area contributed by atoms with E-state index in [0.29, 0.717) is 6.42 Å². The Labute approximate surface area is 230 Å². The molecule has 0 aromatic rings. The molecule has 1 N–H and O–H groups in total. The number of carboxylic acids is 2. The molecule has 8 heteroatoms. The summed E-state index contributed by atoms with van der Waals surface area (Å²) in [7, 11) is 0. The van der Waals surface area contributed by atoms with Crippen LogP contribution in [-0.4, -0.2) is 23.9 Å². The van der Waals surface area contributed by atoms with E-state index in [9.17, 15) is 24.6 Å². The first-order chi connectivity index (χ1) is 10.5. The molecule has 1 atom stereocenters. The Hall–Kier alpha value is 1.68. The minimum atomic E-state index is -1.47. The average Bonchev–Trinajstić information content (AvgIpc) is 2.45. The fourth-order valence-electron chi connectivity index (χ4n) is 2.20. The summed E-state index contributed by atoms with van der Waals surface area (Å²) in [6.45, 7) is 2.17. The predicted octanol–water partition coefficient (Wildman–Crippen LogP) is -5.71. The number of rotatable bonds is 14. The summed E-state index contributed by atoms with van der Waals surface area (Å²) in [5, 5.41) is 23.4. The fourth-order valence-corrected chi connectivity index (χ4v) is 2.20. The van der Waals surface area contributed by atoms with Gasteiger partial charge >= 0.3 is 103 Å². The first kappa shape index (κ1) is 30.4. The standard InChI is InChI=1S/C16H29NO5.2K/c1-2-3-4-5-6-7-8-9-10-14(18)17-13(16(21)22)11-12-15(19)20;;/h13H,2-12H2,1H3,(H,17,18)(H,19,20)(H,21,22);;/q;2*+1/p-2. The molecule has 24 heavy (non-hydrogen) atoms. The number of amides is 1. The Morgan fingerprint density at radius 2 is 1.33 bits per heavy atom. The van der Waals surface area contributed by atoms with Crippen molar-refractivity contribution in [2.24, 2.45) is 0 Å². The molecule has 1 unspecified atom stereocenters. The van der Waals surface area contributed by atoms with E-state index in [1.807, 2.05) is 0 Å². The molecule has 0 aliphatic heterocycles. The number of hydrogen-bond donors (Lipinski definition) is 1. The topological polar surface area (TPSA) is 109 Å². The van der Waals surface area contributed by atoms with Crippen LogP contribution in [0.5, 0.6) is 0 Å². The third-order valence-electron chi connectivity index (χ3n) is 3.51. The van der Waals surface area contributed by atoms with E-state index in [2.05, 4.69) is 12.2 Å². The van der Waals surface area contributed by atoms with Crippen LogP contribution in [0.4, 0.5) is 0 Å². The summed E-state index contributed by atoms with van der Waals surface area (Å²) in [4.78, 5) is 32.7. The molecule has 0 aliphatic rings. The molecule has 0 aromatic heterocycles. The minimum absolute atomic E-state index is 0. The van der Waals surface area contributed by atoms with Crippen LogP contribution in [0.15, 0.2) is 0 Å². The van der Waals surface area contributed by atoms with Crippen LogP contribution in [0.25, 0.3) is 0 Å². The number of hydrogen-bond acceptors (Lipinski definition) is 5. The van der Waals surface area contributed by atoms with Crippen LogP contribution in [0, 0.1) is 0 Å². The van der Waals surface area contributed by atoms with E-state index in [1.54, 1.807) is 0 Å². The van der Waals surface area contributed by atoms with E-state index in [-0.39, 0.29) is 122 Å². The molecule has 0 aliphatic carbocycles. The van der Waals surface area contributed by atoms with Crippen LogP contribution in [0.1, 0.15) is 77.6 Å². The van der Waals surface area contributed by atoms with Crippen molar-refractivity contribution in [2.45, 2.75) is 83.6 Å². The molecule has 1 amide bonds. The zero-order valence-electron chi connectivity index (χ0n) is 15.4. The van der Waals surface area contributed by atoms with E-state index in [0.717, 1.165) is 19.3 Å². The predicted molar refractivity (Wildman–Crippen MR) is 78.4 cm³/mol. The van der Waals surface area contributed by atoms with Crippen molar-refractivity contribution in [1.82, 2.24) is 5.32 Å². The Kier molecular flexibility index (Phi) is 26.6. The summed E-state index contributed by atoms with van der Waals surface area (Å²) < 4.78 is 0. The second kappa shape index (κ2) is 21.0. The third-order valence-corrected chi connectivity index (χ3v) is 3.51. The zero-order valence-corrected chi connectivity index (χ0v) is 21.6. The molecule has 0 bridgehead atoms. The van der Waals surface area contributed by atoms with Gasteiger partial charge in [0.1, 0.15) is 0 Å². The Balaban J connectivity index is -0.00000220. The molecular formula is C16H27K2NO5. The van der Waals surface area contributed by atoms with Crippen LogP contribution in [0.3, 0.4) is 0 Å². The number of carbonyl (C=O) groups is 3. The third kappa shape index (κ3) is 20.0. The Morgan fingerprint density at radius 3 is 1.79 bits per heavy atom. The summed E-state index contributed by atoms with van der Waals surface area (Å²) in [6.07, 6.45) is 8.46. The van der Waals surface area contributed by atoms with Crippen molar-refractivity contribution in [1.29, 1.82) is 0 Å². The van der Waals surface area contributed by atoms with Gasteiger partial charge in [0.2, 0.25) is 5.91 Å². The summed E-state index contributed by atoms with van der Waals surface area (Å²) in [5.41, 5.74) is 0. The Morgan fingerprint density at radius 1 is 0.833 bits per heavy atom. The van der Waals surface area contributed by atoms with Crippen LogP contribution in [0.2, 0.25) is 0 Å². The van der Waals surface area contributed by atoms with Gasteiger partial charge in [-0.25, -0.2) is 0 Å². The van der Waals surface area contributed by atoms with Gasteiger partial charge in [-0.05, 0) is 19.3 Å². The molecule has 0 rings (SSSR count). The number of carbonyl (C=O) groups excluding carboxylic acids is 3. The first-order valence-corrected chi connectivity index (χ1v) is 8.17. The molecule has 0 saturated heterocycles. The number of carboxylic acid groups (broad SMARTS) is 2. The molecule has 128 valence electrons. The van der Waals surface area contributed by atoms with E-state index in [1.165, 1.54) is 25.7 Å². The molecule has 6 nitrogen and oxygen atoms in total. The summed E-state index contributed by atoms with van der Waals surface area (Å²) in [5.74, 6) is -3.19. The van der Waals surface area contributed by atoms with Gasteiger partial charge in [0.25, 0.3) is 0 Å². The maximum Gasteiger partial charge on any atom is 1.00 e. The Bertz CT molecular complexity index is 353. The summed E-state index contributed by atoms with van der Waals surface area (Å²) >= 11 is 0. The molecule has 0 saturated carbocycles. The maximum atomic E-state index is 11.6. The van der Waals surface area contributed by atoms with Crippen LogP contribution in [-0.2, 0) is 14.4 Å². The van der Waals surface area contributed by atoms with Crippen LogP contribution < -0.4 is 118 Å². The monoisotopic (exact) mass is 391 g/mol. The molecule has 0 aromatic carbocycles. The van der Waals surface area contributed by atoms with Crippen molar-refractivity contribution in [3.63, 3.8) is 0 Å². The van der Waals surface area contributed by atoms with Crippen molar-refractivity contribution < 1.29 is 127 Å². The zero-order chi connectivity index (χ0) is 16.8. The summed E-state index contributed by atoms with van der Waals surface area (Å²) in [6, 6.07) is -1.26. The molecular weight excluding hydrogens is 364 g/mol. The molecule has 0 fully saturated rings. The van der Waals surface area contributed by atoms with Crippen molar-refractivity contribution >= 4 is 17.8 Å². The van der Waals surface area contributed by atoms with Gasteiger partial charge in [-0.15, -0.1) is 0 Å².